The molecule has 6 nitrogen and oxygen atoms in total. The summed E-state index contributed by atoms with van der Waals surface area (Å²) in [5.41, 5.74) is 1.12. The van der Waals surface area contributed by atoms with E-state index >= 15 is 0 Å². The number of halogens is 1. The maximum atomic E-state index is 11.8. The Kier molecular flexibility index (Phi) is 5.97. The van der Waals surface area contributed by atoms with Crippen LogP contribution in [0, 0.1) is 0 Å². The third kappa shape index (κ3) is 4.42. The van der Waals surface area contributed by atoms with Crippen LogP contribution in [0.3, 0.4) is 0 Å². The van der Waals surface area contributed by atoms with Gasteiger partial charge in [-0.2, -0.15) is 0 Å². The minimum absolute atomic E-state index is 0.329. The van der Waals surface area contributed by atoms with Crippen molar-refractivity contribution in [2.24, 2.45) is 0 Å². The number of hydrogen-bond donors (Lipinski definition) is 1. The minimum Gasteiger partial charge on any atom is -0.423 e. The molecule has 0 aliphatic carbocycles. The van der Waals surface area contributed by atoms with Crippen molar-refractivity contribution in [3.05, 3.63) is 76.2 Å². The van der Waals surface area contributed by atoms with E-state index in [0.717, 1.165) is 73.4 Å². The van der Waals surface area contributed by atoms with Crippen molar-refractivity contribution < 1.29 is 4.42 Å². The highest BCUT2D eigenvalue weighted by Crippen LogP contribution is 2.28. The third-order valence-electron chi connectivity index (χ3n) is 5.98. The molecule has 1 fully saturated rings. The van der Waals surface area contributed by atoms with Crippen molar-refractivity contribution in [3.8, 4) is 0 Å². The van der Waals surface area contributed by atoms with E-state index in [1.165, 1.54) is 6.07 Å². The summed E-state index contributed by atoms with van der Waals surface area (Å²) < 4.78 is 5.26. The number of nitrogens with zero attached hydrogens (tertiary/aromatic N) is 3. The molecule has 32 heavy (non-hydrogen) atoms. The molecule has 164 valence electrons. The fraction of sp³-hybridized carbons (Fsp3) is 0.280. The van der Waals surface area contributed by atoms with E-state index in [4.69, 9.17) is 16.0 Å². The SMILES string of the molecule is O=c1cc(NCCCN2CCN(c3nc(Cl)cc4ccccc34)CC2)c2ccccc2o1. The first-order valence-corrected chi connectivity index (χ1v) is 11.3. The van der Waals surface area contributed by atoms with E-state index in [1.54, 1.807) is 0 Å². The zero-order valence-electron chi connectivity index (χ0n) is 17.8. The Bertz CT molecular complexity index is 1300. The highest BCUT2D eigenvalue weighted by atomic mass is 35.5. The highest BCUT2D eigenvalue weighted by molar-refractivity contribution is 6.30. The summed E-state index contributed by atoms with van der Waals surface area (Å²) in [5.74, 6) is 0.976. The van der Waals surface area contributed by atoms with Crippen LogP contribution in [0.15, 0.2) is 69.9 Å². The van der Waals surface area contributed by atoms with E-state index in [1.807, 2.05) is 42.5 Å². The molecule has 1 aliphatic heterocycles. The van der Waals surface area contributed by atoms with Gasteiger partial charge in [0.25, 0.3) is 0 Å². The second kappa shape index (κ2) is 9.18. The van der Waals surface area contributed by atoms with Crippen LogP contribution in [-0.2, 0) is 0 Å². The average Bonchev–Trinajstić information content (AvgIpc) is 2.81. The summed E-state index contributed by atoms with van der Waals surface area (Å²) in [6, 6.07) is 19.3. The predicted molar refractivity (Wildman–Crippen MR) is 131 cm³/mol. The molecule has 0 unspecified atom stereocenters. The van der Waals surface area contributed by atoms with Gasteiger partial charge in [0.1, 0.15) is 16.6 Å². The van der Waals surface area contributed by atoms with Crippen LogP contribution in [0.2, 0.25) is 5.15 Å². The second-order valence-electron chi connectivity index (χ2n) is 8.07. The van der Waals surface area contributed by atoms with Crippen molar-refractivity contribution in [2.45, 2.75) is 6.42 Å². The fourth-order valence-corrected chi connectivity index (χ4v) is 4.55. The molecule has 2 aromatic carbocycles. The molecule has 0 radical (unpaired) electrons. The number of fused-ring (bicyclic) bond motifs is 2. The number of piperazine rings is 1. The van der Waals surface area contributed by atoms with Gasteiger partial charge in [-0.05, 0) is 36.6 Å². The monoisotopic (exact) mass is 448 g/mol. The van der Waals surface area contributed by atoms with Crippen molar-refractivity contribution in [2.75, 3.05) is 49.5 Å². The Morgan fingerprint density at radius 2 is 1.72 bits per heavy atom. The fourth-order valence-electron chi connectivity index (χ4n) is 4.36. The molecular formula is C25H25ClN4O2. The van der Waals surface area contributed by atoms with Crippen LogP contribution < -0.4 is 15.8 Å². The largest absolute Gasteiger partial charge is 0.423 e. The van der Waals surface area contributed by atoms with Gasteiger partial charge in [0, 0.05) is 49.6 Å². The summed E-state index contributed by atoms with van der Waals surface area (Å²) in [5, 5.41) is 7.15. The molecule has 0 bridgehead atoms. The first-order chi connectivity index (χ1) is 15.7. The van der Waals surface area contributed by atoms with Gasteiger partial charge in [0.2, 0.25) is 0 Å². The van der Waals surface area contributed by atoms with Crippen LogP contribution in [-0.4, -0.2) is 49.2 Å². The molecule has 1 saturated heterocycles. The van der Waals surface area contributed by atoms with Gasteiger partial charge in [0.05, 0.1) is 5.69 Å². The number of para-hydroxylation sites is 1. The Morgan fingerprint density at radius 1 is 0.969 bits per heavy atom. The molecule has 7 heteroatoms. The van der Waals surface area contributed by atoms with E-state index in [0.29, 0.717) is 10.7 Å². The molecule has 0 spiro atoms. The molecule has 4 aromatic rings. The van der Waals surface area contributed by atoms with Gasteiger partial charge in [-0.25, -0.2) is 9.78 Å². The first-order valence-electron chi connectivity index (χ1n) is 11.0. The van der Waals surface area contributed by atoms with E-state index in [9.17, 15) is 4.79 Å². The predicted octanol–water partition coefficient (Wildman–Crippen LogP) is 4.62. The zero-order valence-corrected chi connectivity index (χ0v) is 18.5. The number of rotatable bonds is 6. The molecule has 2 aromatic heterocycles. The molecular weight excluding hydrogens is 424 g/mol. The number of aromatic nitrogens is 1. The third-order valence-corrected chi connectivity index (χ3v) is 6.17. The molecule has 1 N–H and O–H groups in total. The lowest BCUT2D eigenvalue weighted by Crippen LogP contribution is -2.47. The molecule has 3 heterocycles. The maximum absolute atomic E-state index is 11.8. The van der Waals surface area contributed by atoms with Crippen molar-refractivity contribution in [3.63, 3.8) is 0 Å². The van der Waals surface area contributed by atoms with Crippen LogP contribution in [0.1, 0.15) is 6.42 Å². The van der Waals surface area contributed by atoms with Crippen LogP contribution in [0.5, 0.6) is 0 Å². The quantitative estimate of drug-likeness (QED) is 0.264. The highest BCUT2D eigenvalue weighted by Gasteiger charge is 2.20. The lowest BCUT2D eigenvalue weighted by atomic mass is 10.1. The Labute approximate surface area is 191 Å². The number of pyridine rings is 1. The topological polar surface area (TPSA) is 61.6 Å². The van der Waals surface area contributed by atoms with E-state index < -0.39 is 0 Å². The smallest absolute Gasteiger partial charge is 0.338 e. The molecule has 0 saturated carbocycles. The van der Waals surface area contributed by atoms with E-state index in [-0.39, 0.29) is 5.63 Å². The van der Waals surface area contributed by atoms with Crippen LogP contribution in [0.25, 0.3) is 21.7 Å². The van der Waals surface area contributed by atoms with Crippen molar-refractivity contribution >= 4 is 44.8 Å². The molecule has 0 amide bonds. The number of nitrogens with one attached hydrogen (secondary N) is 1. The normalized spacial score (nSPS) is 14.8. The zero-order chi connectivity index (χ0) is 21.9. The van der Waals surface area contributed by atoms with Gasteiger partial charge in [-0.3, -0.25) is 4.90 Å². The van der Waals surface area contributed by atoms with Gasteiger partial charge in [-0.1, -0.05) is 48.0 Å². The Hall–Kier alpha value is -3.09. The average molecular weight is 449 g/mol. The van der Waals surface area contributed by atoms with E-state index in [2.05, 4.69) is 32.2 Å². The summed E-state index contributed by atoms with van der Waals surface area (Å²) >= 11 is 6.27. The minimum atomic E-state index is -0.329. The first kappa shape index (κ1) is 20.8. The van der Waals surface area contributed by atoms with Crippen molar-refractivity contribution in [1.82, 2.24) is 9.88 Å². The standard InChI is InChI=1S/C25H25ClN4O2/c26-23-16-18-6-1-2-7-19(18)25(28-23)30-14-12-29(13-15-30)11-5-10-27-21-17-24(31)32-22-9-4-3-8-20(21)22/h1-4,6-9,16-17,27H,5,10-15H2. The lowest BCUT2D eigenvalue weighted by Gasteiger charge is -2.36. The Balaban J connectivity index is 1.16. The van der Waals surface area contributed by atoms with Gasteiger partial charge in [-0.15, -0.1) is 0 Å². The summed E-state index contributed by atoms with van der Waals surface area (Å²) in [7, 11) is 0. The van der Waals surface area contributed by atoms with Crippen LogP contribution >= 0.6 is 11.6 Å². The number of benzene rings is 2. The molecule has 5 rings (SSSR count). The molecule has 0 atom stereocenters. The lowest BCUT2D eigenvalue weighted by molar-refractivity contribution is 0.257. The van der Waals surface area contributed by atoms with Gasteiger partial charge in [0.15, 0.2) is 0 Å². The summed E-state index contributed by atoms with van der Waals surface area (Å²) in [6.45, 7) is 5.63. The second-order valence-corrected chi connectivity index (χ2v) is 8.46. The van der Waals surface area contributed by atoms with Gasteiger partial charge >= 0.3 is 5.63 Å². The maximum Gasteiger partial charge on any atom is 0.338 e. The van der Waals surface area contributed by atoms with Crippen LogP contribution in [0.4, 0.5) is 11.5 Å². The van der Waals surface area contributed by atoms with Gasteiger partial charge < -0.3 is 14.6 Å². The summed E-state index contributed by atoms with van der Waals surface area (Å²) in [4.78, 5) is 21.2. The Morgan fingerprint density at radius 3 is 2.56 bits per heavy atom. The summed E-state index contributed by atoms with van der Waals surface area (Å²) in [6.07, 6.45) is 0.993. The number of anilines is 2. The van der Waals surface area contributed by atoms with Crippen molar-refractivity contribution in [1.29, 1.82) is 0 Å². The number of hydrogen-bond acceptors (Lipinski definition) is 6. The molecule has 1 aliphatic rings.